The number of hydrogen-bond donors (Lipinski definition) is 1. The van der Waals surface area contributed by atoms with Crippen LogP contribution in [0.5, 0.6) is 0 Å². The molecule has 0 bridgehead atoms. The van der Waals surface area contributed by atoms with Gasteiger partial charge in [-0.25, -0.2) is 0 Å². The van der Waals surface area contributed by atoms with Gasteiger partial charge in [0, 0.05) is 36.6 Å². The van der Waals surface area contributed by atoms with Crippen molar-refractivity contribution < 1.29 is 18.7 Å². The summed E-state index contributed by atoms with van der Waals surface area (Å²) in [5.74, 6) is 0.913. The van der Waals surface area contributed by atoms with Crippen LogP contribution in [0.3, 0.4) is 0 Å². The highest BCUT2D eigenvalue weighted by Crippen LogP contribution is 2.30. The van der Waals surface area contributed by atoms with Crippen molar-refractivity contribution in [2.75, 3.05) is 19.7 Å². The van der Waals surface area contributed by atoms with Gasteiger partial charge in [-0.1, -0.05) is 6.92 Å². The van der Waals surface area contributed by atoms with Crippen LogP contribution >= 0.6 is 0 Å². The summed E-state index contributed by atoms with van der Waals surface area (Å²) in [5.41, 5.74) is 1.38. The number of ether oxygens (including phenoxy) is 1. The van der Waals surface area contributed by atoms with Crippen molar-refractivity contribution in [1.82, 2.24) is 10.2 Å². The van der Waals surface area contributed by atoms with E-state index in [0.29, 0.717) is 18.6 Å². The maximum Gasteiger partial charge on any atom is 0.251 e. The van der Waals surface area contributed by atoms with Crippen LogP contribution in [-0.4, -0.2) is 48.6 Å². The third-order valence-corrected chi connectivity index (χ3v) is 6.31. The molecule has 30 heavy (non-hydrogen) atoms. The molecule has 1 aromatic carbocycles. The van der Waals surface area contributed by atoms with Crippen molar-refractivity contribution in [2.24, 2.45) is 5.92 Å². The minimum atomic E-state index is -0.156. The minimum Gasteiger partial charge on any atom is -0.461 e. The fourth-order valence-electron chi connectivity index (χ4n) is 4.75. The van der Waals surface area contributed by atoms with Crippen LogP contribution in [0.25, 0.3) is 11.0 Å². The van der Waals surface area contributed by atoms with Crippen LogP contribution in [0.2, 0.25) is 0 Å². The van der Waals surface area contributed by atoms with E-state index in [9.17, 15) is 9.59 Å². The van der Waals surface area contributed by atoms with Gasteiger partial charge in [0.25, 0.3) is 5.91 Å². The first kappa shape index (κ1) is 20.9. The quantitative estimate of drug-likeness (QED) is 0.777. The van der Waals surface area contributed by atoms with Gasteiger partial charge in [-0.2, -0.15) is 0 Å². The normalized spacial score (nSPS) is 24.3. The maximum atomic E-state index is 13.0. The highest BCUT2D eigenvalue weighted by Gasteiger charge is 2.37. The first-order valence-electron chi connectivity index (χ1n) is 11.3. The van der Waals surface area contributed by atoms with Crippen LogP contribution in [-0.2, 0) is 9.53 Å². The van der Waals surface area contributed by atoms with Crippen molar-refractivity contribution in [3.63, 3.8) is 0 Å². The van der Waals surface area contributed by atoms with Crippen molar-refractivity contribution >= 4 is 22.8 Å². The summed E-state index contributed by atoms with van der Waals surface area (Å²) in [6, 6.07) is 7.26. The smallest absolute Gasteiger partial charge is 0.251 e. The second kappa shape index (κ2) is 9.21. The van der Waals surface area contributed by atoms with Crippen LogP contribution < -0.4 is 5.32 Å². The lowest BCUT2D eigenvalue weighted by molar-refractivity contribution is -0.137. The number of nitrogens with zero attached hydrogens (tertiary/aromatic N) is 1. The first-order chi connectivity index (χ1) is 14.5. The summed E-state index contributed by atoms with van der Waals surface area (Å²) in [5, 5.41) is 4.10. The number of amides is 2. The molecule has 1 aliphatic heterocycles. The Kier molecular flexibility index (Phi) is 6.42. The van der Waals surface area contributed by atoms with E-state index in [-0.39, 0.29) is 29.9 Å². The van der Waals surface area contributed by atoms with Crippen molar-refractivity contribution in [2.45, 2.75) is 64.5 Å². The number of aryl methyl sites for hydroxylation is 1. The summed E-state index contributed by atoms with van der Waals surface area (Å²) in [7, 11) is 0. The molecule has 1 aromatic heterocycles. The molecule has 1 saturated heterocycles. The zero-order chi connectivity index (χ0) is 21.1. The van der Waals surface area contributed by atoms with Crippen molar-refractivity contribution in [1.29, 1.82) is 0 Å². The van der Waals surface area contributed by atoms with Crippen LogP contribution in [0.1, 0.15) is 61.6 Å². The average molecular weight is 413 g/mol. The fraction of sp³-hybridized carbons (Fsp3) is 0.583. The Morgan fingerprint density at radius 1 is 1.20 bits per heavy atom. The minimum absolute atomic E-state index is 0.0334. The van der Waals surface area contributed by atoms with E-state index in [1.807, 2.05) is 30.0 Å². The summed E-state index contributed by atoms with van der Waals surface area (Å²) in [4.78, 5) is 27.9. The van der Waals surface area contributed by atoms with Gasteiger partial charge in [0.15, 0.2) is 0 Å². The lowest BCUT2D eigenvalue weighted by Gasteiger charge is -2.37. The number of furan rings is 1. The molecule has 6 nitrogen and oxygen atoms in total. The second-order valence-corrected chi connectivity index (χ2v) is 8.64. The molecular weight excluding hydrogens is 380 g/mol. The molecule has 0 spiro atoms. The Balaban J connectivity index is 1.47. The summed E-state index contributed by atoms with van der Waals surface area (Å²) in [6.45, 7) is 6.38. The Morgan fingerprint density at radius 2 is 2.00 bits per heavy atom. The lowest BCUT2D eigenvalue weighted by atomic mass is 9.82. The standard InChI is InChI=1S/C24H32N2O4/c1-3-12-29-22-9-7-18(24(28)26-10-4-5-11-26)15-20(22)25-23(27)17-6-8-21-19(14-17)13-16(2)30-21/h6,8,13-14,18,20,22H,3-5,7,9-12,15H2,1-2H3,(H,25,27)/t18-,20+,22+/m0/s1. The molecule has 1 N–H and O–H groups in total. The molecule has 3 atom stereocenters. The molecule has 2 fully saturated rings. The van der Waals surface area contributed by atoms with E-state index in [2.05, 4.69) is 12.2 Å². The molecule has 6 heteroatoms. The van der Waals surface area contributed by atoms with E-state index in [0.717, 1.165) is 61.9 Å². The number of carbonyl (C=O) groups excluding carboxylic acids is 2. The van der Waals surface area contributed by atoms with E-state index >= 15 is 0 Å². The molecule has 4 rings (SSSR count). The predicted molar refractivity (Wildman–Crippen MR) is 115 cm³/mol. The van der Waals surface area contributed by atoms with Gasteiger partial charge in [-0.05, 0) is 69.7 Å². The monoisotopic (exact) mass is 412 g/mol. The highest BCUT2D eigenvalue weighted by molar-refractivity contribution is 5.98. The molecule has 2 aliphatic rings. The molecule has 1 aliphatic carbocycles. The topological polar surface area (TPSA) is 71.8 Å². The second-order valence-electron chi connectivity index (χ2n) is 8.64. The fourth-order valence-corrected chi connectivity index (χ4v) is 4.75. The van der Waals surface area contributed by atoms with Gasteiger partial charge >= 0.3 is 0 Å². The largest absolute Gasteiger partial charge is 0.461 e. The number of likely N-dealkylation sites (tertiary alicyclic amines) is 1. The van der Waals surface area contributed by atoms with Crippen LogP contribution in [0, 0.1) is 12.8 Å². The summed E-state index contributed by atoms with van der Waals surface area (Å²) in [6.07, 6.45) is 5.35. The molecule has 1 saturated carbocycles. The first-order valence-corrected chi connectivity index (χ1v) is 11.3. The van der Waals surface area contributed by atoms with Crippen molar-refractivity contribution in [3.05, 3.63) is 35.6 Å². The number of rotatable bonds is 6. The number of benzene rings is 1. The third kappa shape index (κ3) is 4.53. The number of hydrogen-bond acceptors (Lipinski definition) is 4. The molecule has 0 radical (unpaired) electrons. The van der Waals surface area contributed by atoms with Crippen LogP contribution in [0.4, 0.5) is 0 Å². The number of nitrogens with one attached hydrogen (secondary N) is 1. The number of carbonyl (C=O) groups is 2. The molecule has 2 amide bonds. The van der Waals surface area contributed by atoms with Gasteiger partial charge in [0.05, 0.1) is 12.1 Å². The van der Waals surface area contributed by atoms with E-state index < -0.39 is 0 Å². The maximum absolute atomic E-state index is 13.0. The van der Waals surface area contributed by atoms with Gasteiger partial charge in [0.2, 0.25) is 5.91 Å². The molecule has 2 aromatic rings. The molecule has 0 unspecified atom stereocenters. The Morgan fingerprint density at radius 3 is 2.77 bits per heavy atom. The highest BCUT2D eigenvalue weighted by atomic mass is 16.5. The lowest BCUT2D eigenvalue weighted by Crippen LogP contribution is -2.50. The molecule has 2 heterocycles. The molecular formula is C24H32N2O4. The molecule has 162 valence electrons. The SMILES string of the molecule is CCCO[C@@H]1CC[C@H](C(=O)N2CCCC2)C[C@H]1NC(=O)c1ccc2oc(C)cc2c1. The van der Waals surface area contributed by atoms with Crippen molar-refractivity contribution in [3.8, 4) is 0 Å². The zero-order valence-corrected chi connectivity index (χ0v) is 18.0. The van der Waals surface area contributed by atoms with Gasteiger partial charge < -0.3 is 19.4 Å². The summed E-state index contributed by atoms with van der Waals surface area (Å²) < 4.78 is 11.7. The number of fused-ring (bicyclic) bond motifs is 1. The predicted octanol–water partition coefficient (Wildman–Crippen LogP) is 4.06. The summed E-state index contributed by atoms with van der Waals surface area (Å²) >= 11 is 0. The van der Waals surface area contributed by atoms with E-state index in [4.69, 9.17) is 9.15 Å². The van der Waals surface area contributed by atoms with E-state index in [1.165, 1.54) is 0 Å². The Bertz CT molecular complexity index is 900. The van der Waals surface area contributed by atoms with Crippen LogP contribution in [0.15, 0.2) is 28.7 Å². The Hall–Kier alpha value is -2.34. The third-order valence-electron chi connectivity index (χ3n) is 6.31. The van der Waals surface area contributed by atoms with Gasteiger partial charge in [-0.3, -0.25) is 9.59 Å². The average Bonchev–Trinajstić information content (AvgIpc) is 3.40. The Labute approximate surface area is 177 Å². The van der Waals surface area contributed by atoms with Gasteiger partial charge in [0.1, 0.15) is 11.3 Å². The zero-order valence-electron chi connectivity index (χ0n) is 18.0. The van der Waals surface area contributed by atoms with Gasteiger partial charge in [-0.15, -0.1) is 0 Å². The van der Waals surface area contributed by atoms with E-state index in [1.54, 1.807) is 6.07 Å².